The maximum absolute atomic E-state index is 11.8. The summed E-state index contributed by atoms with van der Waals surface area (Å²) in [5.41, 5.74) is 0. The van der Waals surface area contributed by atoms with Crippen molar-refractivity contribution in [2.75, 3.05) is 19.0 Å². The van der Waals surface area contributed by atoms with Gasteiger partial charge in [0.25, 0.3) is 10.2 Å². The number of nitrogens with zero attached hydrogens (tertiary/aromatic N) is 1. The van der Waals surface area contributed by atoms with Gasteiger partial charge >= 0.3 is 0 Å². The Morgan fingerprint density at radius 2 is 2.00 bits per heavy atom. The summed E-state index contributed by atoms with van der Waals surface area (Å²) in [5.74, 6) is 0.487. The van der Waals surface area contributed by atoms with Crippen molar-refractivity contribution in [3.05, 3.63) is 0 Å². The summed E-state index contributed by atoms with van der Waals surface area (Å²) in [5, 5.41) is 0. The van der Waals surface area contributed by atoms with Crippen LogP contribution in [-0.4, -0.2) is 37.7 Å². The highest BCUT2D eigenvalue weighted by Crippen LogP contribution is 2.13. The molecule has 0 radical (unpaired) electrons. The number of nitrogens with one attached hydrogen (secondary N) is 1. The van der Waals surface area contributed by atoms with Crippen molar-refractivity contribution in [2.24, 2.45) is 0 Å². The van der Waals surface area contributed by atoms with Gasteiger partial charge in [-0.3, -0.25) is 0 Å². The van der Waals surface area contributed by atoms with E-state index in [1.54, 1.807) is 0 Å². The number of rotatable bonds is 6. The molecule has 0 bridgehead atoms. The Hall–Kier alpha value is 0.160. The van der Waals surface area contributed by atoms with Gasteiger partial charge in [0.2, 0.25) is 0 Å². The normalized spacial score (nSPS) is 20.7. The highest BCUT2D eigenvalue weighted by molar-refractivity contribution is 7.87. The molecule has 1 atom stereocenters. The van der Waals surface area contributed by atoms with Gasteiger partial charge in [-0.05, 0) is 25.7 Å². The summed E-state index contributed by atoms with van der Waals surface area (Å²) in [7, 11) is -3.27. The van der Waals surface area contributed by atoms with Gasteiger partial charge in [0.05, 0.1) is 0 Å². The number of hydrogen-bond acceptors (Lipinski definition) is 2. The predicted octanol–water partition coefficient (Wildman–Crippen LogP) is 1.32. The Bertz CT molecular complexity index is 276. The second-order valence-corrected chi connectivity index (χ2v) is 5.89. The molecule has 1 fully saturated rings. The molecule has 15 heavy (non-hydrogen) atoms. The first-order chi connectivity index (χ1) is 7.10. The predicted molar refractivity (Wildman–Crippen MR) is 62.3 cm³/mol. The summed E-state index contributed by atoms with van der Waals surface area (Å²) in [6.45, 7) is 3.25. The SMILES string of the molecule is CCC(CCCl)NS(=O)(=O)N1CCCC1. The van der Waals surface area contributed by atoms with Crippen LogP contribution in [0.1, 0.15) is 32.6 Å². The molecule has 0 aromatic rings. The van der Waals surface area contributed by atoms with Crippen molar-refractivity contribution in [2.45, 2.75) is 38.6 Å². The van der Waals surface area contributed by atoms with E-state index in [0.717, 1.165) is 19.3 Å². The molecule has 0 aromatic carbocycles. The fraction of sp³-hybridized carbons (Fsp3) is 1.00. The zero-order valence-corrected chi connectivity index (χ0v) is 10.6. The molecule has 0 saturated carbocycles. The zero-order valence-electron chi connectivity index (χ0n) is 9.08. The summed E-state index contributed by atoms with van der Waals surface area (Å²) in [4.78, 5) is 0. The van der Waals surface area contributed by atoms with Crippen LogP contribution in [0, 0.1) is 0 Å². The van der Waals surface area contributed by atoms with Crippen LogP contribution in [0.4, 0.5) is 0 Å². The van der Waals surface area contributed by atoms with E-state index in [1.165, 1.54) is 4.31 Å². The van der Waals surface area contributed by atoms with Gasteiger partial charge in [-0.2, -0.15) is 17.4 Å². The van der Waals surface area contributed by atoms with Gasteiger partial charge in [0, 0.05) is 25.0 Å². The van der Waals surface area contributed by atoms with Crippen LogP contribution in [0.15, 0.2) is 0 Å². The Morgan fingerprint density at radius 3 is 2.47 bits per heavy atom. The van der Waals surface area contributed by atoms with Gasteiger partial charge < -0.3 is 0 Å². The largest absolute Gasteiger partial charge is 0.279 e. The van der Waals surface area contributed by atoms with Crippen molar-refractivity contribution in [3.63, 3.8) is 0 Å². The summed E-state index contributed by atoms with van der Waals surface area (Å²) >= 11 is 5.62. The van der Waals surface area contributed by atoms with Crippen molar-refractivity contribution in [1.82, 2.24) is 9.03 Å². The highest BCUT2D eigenvalue weighted by atomic mass is 35.5. The second-order valence-electron chi connectivity index (χ2n) is 3.81. The van der Waals surface area contributed by atoms with Crippen LogP contribution in [0.5, 0.6) is 0 Å². The van der Waals surface area contributed by atoms with Crippen LogP contribution in [-0.2, 0) is 10.2 Å². The third kappa shape index (κ3) is 3.90. The van der Waals surface area contributed by atoms with Crippen LogP contribution in [0.3, 0.4) is 0 Å². The first-order valence-electron chi connectivity index (χ1n) is 5.43. The van der Waals surface area contributed by atoms with Crippen LogP contribution < -0.4 is 4.72 Å². The van der Waals surface area contributed by atoms with Crippen molar-refractivity contribution < 1.29 is 8.42 Å². The minimum absolute atomic E-state index is 0.0342. The van der Waals surface area contributed by atoms with E-state index in [1.807, 2.05) is 6.92 Å². The second kappa shape index (κ2) is 6.03. The standard InChI is InChI=1S/C9H19ClN2O2S/c1-2-9(5-6-10)11-15(13,14)12-7-3-4-8-12/h9,11H,2-8H2,1H3. The van der Waals surface area contributed by atoms with E-state index in [2.05, 4.69) is 4.72 Å². The maximum atomic E-state index is 11.8. The van der Waals surface area contributed by atoms with E-state index < -0.39 is 10.2 Å². The molecule has 4 nitrogen and oxygen atoms in total. The van der Waals surface area contributed by atoms with Crippen molar-refractivity contribution in [3.8, 4) is 0 Å². The molecular weight excluding hydrogens is 236 g/mol. The molecule has 1 saturated heterocycles. The van der Waals surface area contributed by atoms with E-state index in [9.17, 15) is 8.42 Å². The molecule has 1 aliphatic heterocycles. The molecule has 0 aromatic heterocycles. The zero-order chi connectivity index (χ0) is 11.3. The molecule has 0 spiro atoms. The average Bonchev–Trinajstić information content (AvgIpc) is 2.70. The summed E-state index contributed by atoms with van der Waals surface area (Å²) < 4.78 is 27.9. The monoisotopic (exact) mass is 254 g/mol. The molecule has 0 aliphatic carbocycles. The lowest BCUT2D eigenvalue weighted by atomic mass is 10.2. The smallest absolute Gasteiger partial charge is 0.199 e. The molecule has 1 rings (SSSR count). The quantitative estimate of drug-likeness (QED) is 0.727. The minimum atomic E-state index is -3.27. The number of hydrogen-bond donors (Lipinski definition) is 1. The molecule has 1 N–H and O–H groups in total. The van der Waals surface area contributed by atoms with Gasteiger partial charge in [-0.15, -0.1) is 11.6 Å². The Kier molecular flexibility index (Phi) is 5.32. The summed E-state index contributed by atoms with van der Waals surface area (Å²) in [6.07, 6.45) is 3.39. The lowest BCUT2D eigenvalue weighted by Crippen LogP contribution is -2.44. The van der Waals surface area contributed by atoms with E-state index in [4.69, 9.17) is 11.6 Å². The number of alkyl halides is 1. The van der Waals surface area contributed by atoms with E-state index in [0.29, 0.717) is 25.4 Å². The third-order valence-electron chi connectivity index (χ3n) is 2.67. The Balaban J connectivity index is 2.53. The van der Waals surface area contributed by atoms with E-state index in [-0.39, 0.29) is 6.04 Å². The Labute approximate surface area is 97.2 Å². The van der Waals surface area contributed by atoms with Crippen LogP contribution in [0.25, 0.3) is 0 Å². The fourth-order valence-electron chi connectivity index (χ4n) is 1.69. The summed E-state index contributed by atoms with van der Waals surface area (Å²) in [6, 6.07) is -0.0342. The lowest BCUT2D eigenvalue weighted by Gasteiger charge is -2.21. The average molecular weight is 255 g/mol. The lowest BCUT2D eigenvalue weighted by molar-refractivity contribution is 0.445. The molecule has 90 valence electrons. The number of halogens is 1. The Morgan fingerprint density at radius 1 is 1.40 bits per heavy atom. The van der Waals surface area contributed by atoms with Crippen LogP contribution >= 0.6 is 11.6 Å². The third-order valence-corrected chi connectivity index (χ3v) is 4.57. The van der Waals surface area contributed by atoms with Crippen molar-refractivity contribution >= 4 is 21.8 Å². The molecule has 1 aliphatic rings. The molecule has 0 amide bonds. The van der Waals surface area contributed by atoms with E-state index >= 15 is 0 Å². The van der Waals surface area contributed by atoms with Gasteiger partial charge in [-0.25, -0.2) is 0 Å². The topological polar surface area (TPSA) is 49.4 Å². The van der Waals surface area contributed by atoms with Crippen molar-refractivity contribution in [1.29, 1.82) is 0 Å². The highest BCUT2D eigenvalue weighted by Gasteiger charge is 2.26. The first-order valence-corrected chi connectivity index (χ1v) is 7.41. The fourth-order valence-corrected chi connectivity index (χ4v) is 3.55. The van der Waals surface area contributed by atoms with Gasteiger partial charge in [-0.1, -0.05) is 6.92 Å². The van der Waals surface area contributed by atoms with Gasteiger partial charge in [0.15, 0.2) is 0 Å². The van der Waals surface area contributed by atoms with Crippen LogP contribution in [0.2, 0.25) is 0 Å². The molecule has 6 heteroatoms. The molecular formula is C9H19ClN2O2S. The first kappa shape index (κ1) is 13.2. The molecule has 1 heterocycles. The minimum Gasteiger partial charge on any atom is -0.199 e. The molecule has 1 unspecified atom stereocenters. The van der Waals surface area contributed by atoms with Gasteiger partial charge in [0.1, 0.15) is 0 Å². The maximum Gasteiger partial charge on any atom is 0.279 e.